The van der Waals surface area contributed by atoms with E-state index in [1.54, 1.807) is 0 Å². The van der Waals surface area contributed by atoms with Crippen LogP contribution < -0.4 is 5.73 Å². The molecule has 0 aromatic heterocycles. The van der Waals surface area contributed by atoms with E-state index < -0.39 is 6.04 Å². The van der Waals surface area contributed by atoms with Crippen LogP contribution in [-0.4, -0.2) is 12.0 Å². The van der Waals surface area contributed by atoms with Crippen molar-refractivity contribution in [3.05, 3.63) is 70.2 Å². The lowest BCUT2D eigenvalue weighted by Gasteiger charge is -2.12. The first-order valence-electron chi connectivity index (χ1n) is 6.36. The summed E-state index contributed by atoms with van der Waals surface area (Å²) in [6, 6.07) is 16.7. The average molecular weight is 334 g/mol. The fourth-order valence-electron chi connectivity index (χ4n) is 1.82. The van der Waals surface area contributed by atoms with Crippen molar-refractivity contribution in [3.8, 4) is 0 Å². The minimum Gasteiger partial charge on any atom is -0.460 e. The van der Waals surface area contributed by atoms with E-state index in [0.29, 0.717) is 6.42 Å². The molecule has 2 aromatic rings. The molecule has 0 heterocycles. The first kappa shape index (κ1) is 14.8. The molecule has 0 spiro atoms. The molecule has 2 aromatic carbocycles. The van der Waals surface area contributed by atoms with Crippen LogP contribution >= 0.6 is 15.9 Å². The van der Waals surface area contributed by atoms with E-state index in [1.165, 1.54) is 0 Å². The fourth-order valence-corrected chi connectivity index (χ4v) is 2.22. The number of ether oxygens (including phenoxy) is 1. The van der Waals surface area contributed by atoms with Gasteiger partial charge in [0.1, 0.15) is 12.6 Å². The SMILES string of the molecule is N[C@@H](Cc1ccccc1)C(=O)OCc1ccccc1Br. The van der Waals surface area contributed by atoms with Crippen LogP contribution in [0, 0.1) is 0 Å². The number of esters is 1. The lowest BCUT2D eigenvalue weighted by atomic mass is 10.1. The van der Waals surface area contributed by atoms with Gasteiger partial charge in [0, 0.05) is 10.0 Å². The Labute approximate surface area is 126 Å². The third-order valence-corrected chi connectivity index (χ3v) is 3.70. The second kappa shape index (κ2) is 7.22. The Balaban J connectivity index is 1.87. The summed E-state index contributed by atoms with van der Waals surface area (Å²) < 4.78 is 6.17. The molecule has 0 bridgehead atoms. The fraction of sp³-hybridized carbons (Fsp3) is 0.188. The molecule has 2 N–H and O–H groups in total. The van der Waals surface area contributed by atoms with Crippen LogP contribution in [0.15, 0.2) is 59.1 Å². The average Bonchev–Trinajstić information content (AvgIpc) is 2.47. The lowest BCUT2D eigenvalue weighted by Crippen LogP contribution is -2.34. The van der Waals surface area contributed by atoms with Gasteiger partial charge in [-0.2, -0.15) is 0 Å². The van der Waals surface area contributed by atoms with Crippen molar-refractivity contribution in [2.24, 2.45) is 5.73 Å². The van der Waals surface area contributed by atoms with Gasteiger partial charge in [0.15, 0.2) is 0 Å². The predicted octanol–water partition coefficient (Wildman–Crippen LogP) is 3.06. The molecule has 0 saturated carbocycles. The molecular formula is C16H16BrNO2. The normalized spacial score (nSPS) is 11.9. The Bertz CT molecular complexity index is 572. The Morgan fingerprint density at radius 3 is 2.45 bits per heavy atom. The first-order chi connectivity index (χ1) is 9.66. The monoisotopic (exact) mass is 333 g/mol. The van der Waals surface area contributed by atoms with Crippen LogP contribution in [0.2, 0.25) is 0 Å². The molecule has 0 radical (unpaired) electrons. The first-order valence-corrected chi connectivity index (χ1v) is 7.15. The molecule has 0 amide bonds. The van der Waals surface area contributed by atoms with Crippen molar-refractivity contribution in [2.75, 3.05) is 0 Å². The van der Waals surface area contributed by atoms with Gasteiger partial charge in [-0.15, -0.1) is 0 Å². The van der Waals surface area contributed by atoms with Gasteiger partial charge in [-0.05, 0) is 18.1 Å². The van der Waals surface area contributed by atoms with Crippen molar-refractivity contribution < 1.29 is 9.53 Å². The number of carbonyl (C=O) groups is 1. The highest BCUT2D eigenvalue weighted by Crippen LogP contribution is 2.16. The maximum Gasteiger partial charge on any atom is 0.323 e. The van der Waals surface area contributed by atoms with Crippen LogP contribution in [0.25, 0.3) is 0 Å². The number of carbonyl (C=O) groups excluding carboxylic acids is 1. The highest BCUT2D eigenvalue weighted by molar-refractivity contribution is 9.10. The molecule has 0 aliphatic heterocycles. The van der Waals surface area contributed by atoms with Gasteiger partial charge in [-0.1, -0.05) is 64.5 Å². The Hall–Kier alpha value is -1.65. The summed E-state index contributed by atoms with van der Waals surface area (Å²) in [5.74, 6) is -0.385. The molecule has 0 fully saturated rings. The zero-order chi connectivity index (χ0) is 14.4. The van der Waals surface area contributed by atoms with Crippen LogP contribution in [0.1, 0.15) is 11.1 Å². The molecular weight excluding hydrogens is 318 g/mol. The summed E-state index contributed by atoms with van der Waals surface area (Å²) in [5.41, 5.74) is 7.81. The van der Waals surface area contributed by atoms with Crippen LogP contribution in [0.4, 0.5) is 0 Å². The number of hydrogen-bond acceptors (Lipinski definition) is 3. The van der Waals surface area contributed by atoms with Crippen molar-refractivity contribution >= 4 is 21.9 Å². The summed E-state index contributed by atoms with van der Waals surface area (Å²) in [6.07, 6.45) is 0.482. The van der Waals surface area contributed by atoms with Gasteiger partial charge in [0.25, 0.3) is 0 Å². The zero-order valence-corrected chi connectivity index (χ0v) is 12.5. The van der Waals surface area contributed by atoms with Gasteiger partial charge < -0.3 is 10.5 Å². The number of benzene rings is 2. The lowest BCUT2D eigenvalue weighted by molar-refractivity contribution is -0.146. The van der Waals surface area contributed by atoms with E-state index in [9.17, 15) is 4.79 Å². The van der Waals surface area contributed by atoms with E-state index in [4.69, 9.17) is 10.5 Å². The quantitative estimate of drug-likeness (QED) is 0.855. The minimum atomic E-state index is -0.639. The third-order valence-electron chi connectivity index (χ3n) is 2.93. The smallest absolute Gasteiger partial charge is 0.323 e. The summed E-state index contributed by atoms with van der Waals surface area (Å²) in [6.45, 7) is 0.225. The highest BCUT2D eigenvalue weighted by atomic mass is 79.9. The topological polar surface area (TPSA) is 52.3 Å². The molecule has 4 heteroatoms. The molecule has 0 unspecified atom stereocenters. The minimum absolute atomic E-state index is 0.225. The van der Waals surface area contributed by atoms with E-state index >= 15 is 0 Å². The second-order valence-electron chi connectivity index (χ2n) is 4.50. The third kappa shape index (κ3) is 4.18. The summed E-state index contributed by atoms with van der Waals surface area (Å²) in [7, 11) is 0. The predicted molar refractivity (Wildman–Crippen MR) is 82.1 cm³/mol. The van der Waals surface area contributed by atoms with E-state index in [-0.39, 0.29) is 12.6 Å². The Morgan fingerprint density at radius 2 is 1.75 bits per heavy atom. The standard InChI is InChI=1S/C16H16BrNO2/c17-14-9-5-4-8-13(14)11-20-16(19)15(18)10-12-6-2-1-3-7-12/h1-9,15H,10-11,18H2/t15-/m0/s1. The van der Waals surface area contributed by atoms with Crippen molar-refractivity contribution in [1.82, 2.24) is 0 Å². The molecule has 0 saturated heterocycles. The number of rotatable bonds is 5. The van der Waals surface area contributed by atoms with Gasteiger partial charge in [-0.3, -0.25) is 4.79 Å². The molecule has 2 rings (SSSR count). The molecule has 3 nitrogen and oxygen atoms in total. The van der Waals surface area contributed by atoms with Gasteiger partial charge in [0.05, 0.1) is 0 Å². The van der Waals surface area contributed by atoms with E-state index in [0.717, 1.165) is 15.6 Å². The molecule has 0 aliphatic rings. The summed E-state index contributed by atoms with van der Waals surface area (Å²) >= 11 is 3.41. The number of halogens is 1. The second-order valence-corrected chi connectivity index (χ2v) is 5.35. The maximum absolute atomic E-state index is 11.9. The molecule has 0 aliphatic carbocycles. The maximum atomic E-state index is 11.9. The summed E-state index contributed by atoms with van der Waals surface area (Å²) in [5, 5.41) is 0. The van der Waals surface area contributed by atoms with Crippen molar-refractivity contribution in [1.29, 1.82) is 0 Å². The Kier molecular flexibility index (Phi) is 5.32. The zero-order valence-electron chi connectivity index (χ0n) is 11.0. The largest absolute Gasteiger partial charge is 0.460 e. The van der Waals surface area contributed by atoms with Crippen LogP contribution in [-0.2, 0) is 22.6 Å². The summed E-state index contributed by atoms with van der Waals surface area (Å²) in [4.78, 5) is 11.9. The van der Waals surface area contributed by atoms with E-state index in [2.05, 4.69) is 15.9 Å². The van der Waals surface area contributed by atoms with Crippen molar-refractivity contribution in [2.45, 2.75) is 19.1 Å². The van der Waals surface area contributed by atoms with Crippen molar-refractivity contribution in [3.63, 3.8) is 0 Å². The van der Waals surface area contributed by atoms with E-state index in [1.807, 2.05) is 54.6 Å². The van der Waals surface area contributed by atoms with Crippen LogP contribution in [0.3, 0.4) is 0 Å². The Morgan fingerprint density at radius 1 is 1.10 bits per heavy atom. The highest BCUT2D eigenvalue weighted by Gasteiger charge is 2.16. The van der Waals surface area contributed by atoms with Gasteiger partial charge >= 0.3 is 5.97 Å². The molecule has 20 heavy (non-hydrogen) atoms. The number of nitrogens with two attached hydrogens (primary N) is 1. The van der Waals surface area contributed by atoms with Gasteiger partial charge in [-0.25, -0.2) is 0 Å². The number of hydrogen-bond donors (Lipinski definition) is 1. The van der Waals surface area contributed by atoms with Crippen LogP contribution in [0.5, 0.6) is 0 Å². The van der Waals surface area contributed by atoms with Gasteiger partial charge in [0.2, 0.25) is 0 Å². The molecule has 1 atom stereocenters. The molecule has 104 valence electrons.